The van der Waals surface area contributed by atoms with Crippen LogP contribution >= 0.6 is 11.6 Å². The van der Waals surface area contributed by atoms with E-state index in [9.17, 15) is 9.18 Å². The van der Waals surface area contributed by atoms with Gasteiger partial charge in [0.1, 0.15) is 11.5 Å². The molecule has 1 amide bonds. The molecule has 0 atom stereocenters. The van der Waals surface area contributed by atoms with E-state index in [1.807, 2.05) is 12.1 Å². The lowest BCUT2D eigenvalue weighted by molar-refractivity contribution is 0.0946. The molecule has 2 aromatic carbocycles. The van der Waals surface area contributed by atoms with Crippen molar-refractivity contribution in [1.82, 2.24) is 10.3 Å². The predicted octanol–water partition coefficient (Wildman–Crippen LogP) is 4.55. The molecule has 0 saturated carbocycles. The summed E-state index contributed by atoms with van der Waals surface area (Å²) < 4.78 is 13.2. The molecular formula is C19H15ClFN3O. The normalized spacial score (nSPS) is 10.3. The van der Waals surface area contributed by atoms with Crippen LogP contribution in [0.2, 0.25) is 5.02 Å². The van der Waals surface area contributed by atoms with Crippen molar-refractivity contribution in [2.24, 2.45) is 0 Å². The number of aromatic nitrogens is 1. The van der Waals surface area contributed by atoms with Gasteiger partial charge in [0.25, 0.3) is 5.91 Å². The number of rotatable bonds is 5. The Kier molecular flexibility index (Phi) is 5.26. The Morgan fingerprint density at radius 3 is 2.52 bits per heavy atom. The number of hydrogen-bond acceptors (Lipinski definition) is 3. The molecule has 1 aromatic heterocycles. The van der Waals surface area contributed by atoms with Gasteiger partial charge in [-0.1, -0.05) is 29.8 Å². The summed E-state index contributed by atoms with van der Waals surface area (Å²) in [5.41, 5.74) is 2.53. The van der Waals surface area contributed by atoms with Gasteiger partial charge in [-0.15, -0.1) is 0 Å². The molecule has 3 aromatic rings. The van der Waals surface area contributed by atoms with Crippen LogP contribution in [0.25, 0.3) is 0 Å². The Bertz CT molecular complexity index is 867. The van der Waals surface area contributed by atoms with E-state index in [1.165, 1.54) is 18.3 Å². The van der Waals surface area contributed by atoms with Gasteiger partial charge in [-0.25, -0.2) is 9.37 Å². The van der Waals surface area contributed by atoms with E-state index in [0.717, 1.165) is 5.56 Å². The second kappa shape index (κ2) is 7.77. The lowest BCUT2D eigenvalue weighted by Gasteiger charge is -2.08. The van der Waals surface area contributed by atoms with Crippen molar-refractivity contribution in [3.8, 4) is 0 Å². The van der Waals surface area contributed by atoms with Crippen molar-refractivity contribution in [3.63, 3.8) is 0 Å². The summed E-state index contributed by atoms with van der Waals surface area (Å²) in [6, 6.07) is 16.7. The maximum Gasteiger partial charge on any atom is 0.270 e. The second-order valence-corrected chi connectivity index (χ2v) is 5.81. The first kappa shape index (κ1) is 16.9. The number of halogens is 2. The van der Waals surface area contributed by atoms with Gasteiger partial charge in [-0.3, -0.25) is 4.79 Å². The van der Waals surface area contributed by atoms with E-state index in [0.29, 0.717) is 28.6 Å². The van der Waals surface area contributed by atoms with Gasteiger partial charge in [-0.2, -0.15) is 0 Å². The van der Waals surface area contributed by atoms with E-state index in [4.69, 9.17) is 11.6 Å². The molecule has 0 aliphatic rings. The highest BCUT2D eigenvalue weighted by molar-refractivity contribution is 6.30. The summed E-state index contributed by atoms with van der Waals surface area (Å²) in [7, 11) is 0. The topological polar surface area (TPSA) is 54.0 Å². The molecule has 0 aliphatic carbocycles. The molecule has 126 valence electrons. The second-order valence-electron chi connectivity index (χ2n) is 5.38. The summed E-state index contributed by atoms with van der Waals surface area (Å²) in [5, 5.41) is 6.48. The van der Waals surface area contributed by atoms with Crippen LogP contribution in [0.5, 0.6) is 0 Å². The monoisotopic (exact) mass is 355 g/mol. The van der Waals surface area contributed by atoms with Crippen LogP contribution < -0.4 is 10.6 Å². The number of pyridine rings is 1. The first-order valence-corrected chi connectivity index (χ1v) is 7.99. The van der Waals surface area contributed by atoms with Crippen LogP contribution in [0.15, 0.2) is 66.9 Å². The summed E-state index contributed by atoms with van der Waals surface area (Å²) in [6.45, 7) is 0.390. The number of carbonyl (C=O) groups is 1. The van der Waals surface area contributed by atoms with Gasteiger partial charge in [0.15, 0.2) is 0 Å². The summed E-state index contributed by atoms with van der Waals surface area (Å²) >= 11 is 5.83. The lowest BCUT2D eigenvalue weighted by Crippen LogP contribution is -2.23. The summed E-state index contributed by atoms with van der Waals surface area (Å²) in [5.74, 6) is -0.594. The van der Waals surface area contributed by atoms with Crippen LogP contribution in [0.3, 0.4) is 0 Å². The number of nitrogens with one attached hydrogen (secondary N) is 2. The van der Waals surface area contributed by atoms with Gasteiger partial charge in [0.05, 0.1) is 11.9 Å². The molecular weight excluding hydrogens is 341 g/mol. The third-order valence-corrected chi connectivity index (χ3v) is 3.73. The molecule has 2 N–H and O–H groups in total. The van der Waals surface area contributed by atoms with Crippen LogP contribution in [0.1, 0.15) is 16.1 Å². The average molecular weight is 356 g/mol. The van der Waals surface area contributed by atoms with Gasteiger partial charge in [-0.05, 0) is 48.0 Å². The lowest BCUT2D eigenvalue weighted by atomic mass is 10.2. The number of benzene rings is 2. The number of carbonyl (C=O) groups excluding carboxylic acids is 1. The third-order valence-electron chi connectivity index (χ3n) is 3.48. The Hall–Kier alpha value is -2.92. The maximum atomic E-state index is 13.2. The van der Waals surface area contributed by atoms with Crippen molar-refractivity contribution in [3.05, 3.63) is 89.0 Å². The SMILES string of the molecule is O=C(NCc1ccc(Cl)cc1)c1ccc(Nc2cccc(F)c2)cn1. The fraction of sp³-hybridized carbons (Fsp3) is 0.0526. The van der Waals surface area contributed by atoms with Crippen LogP contribution in [0, 0.1) is 5.82 Å². The van der Waals surface area contributed by atoms with E-state index < -0.39 is 0 Å². The molecule has 0 unspecified atom stereocenters. The highest BCUT2D eigenvalue weighted by Crippen LogP contribution is 2.16. The predicted molar refractivity (Wildman–Crippen MR) is 96.5 cm³/mol. The van der Waals surface area contributed by atoms with Crippen molar-refractivity contribution >= 4 is 28.9 Å². The summed E-state index contributed by atoms with van der Waals surface area (Å²) in [4.78, 5) is 16.3. The van der Waals surface area contributed by atoms with E-state index >= 15 is 0 Å². The first-order valence-electron chi connectivity index (χ1n) is 7.61. The van der Waals surface area contributed by atoms with Gasteiger partial charge < -0.3 is 10.6 Å². The maximum absolute atomic E-state index is 13.2. The van der Waals surface area contributed by atoms with Crippen molar-refractivity contribution in [2.75, 3.05) is 5.32 Å². The molecule has 0 fully saturated rings. The van der Waals surface area contributed by atoms with E-state index in [1.54, 1.807) is 36.4 Å². The Balaban J connectivity index is 1.59. The molecule has 6 heteroatoms. The van der Waals surface area contributed by atoms with Crippen molar-refractivity contribution in [2.45, 2.75) is 6.54 Å². The molecule has 1 heterocycles. The Morgan fingerprint density at radius 1 is 1.04 bits per heavy atom. The molecule has 4 nitrogen and oxygen atoms in total. The highest BCUT2D eigenvalue weighted by atomic mass is 35.5. The Labute approximate surface area is 149 Å². The fourth-order valence-corrected chi connectivity index (χ4v) is 2.34. The number of nitrogens with zero attached hydrogens (tertiary/aromatic N) is 1. The molecule has 0 aliphatic heterocycles. The molecule has 0 spiro atoms. The zero-order valence-electron chi connectivity index (χ0n) is 13.2. The minimum Gasteiger partial charge on any atom is -0.354 e. The number of hydrogen-bond donors (Lipinski definition) is 2. The zero-order valence-corrected chi connectivity index (χ0v) is 13.9. The minimum absolute atomic E-state index is 0.271. The quantitative estimate of drug-likeness (QED) is 0.706. The number of amides is 1. The molecule has 3 rings (SSSR count). The molecule has 0 radical (unpaired) electrons. The van der Waals surface area contributed by atoms with Gasteiger partial charge in [0.2, 0.25) is 0 Å². The third kappa shape index (κ3) is 4.78. The summed E-state index contributed by atoms with van der Waals surface area (Å²) in [6.07, 6.45) is 1.53. The molecule has 25 heavy (non-hydrogen) atoms. The molecule has 0 bridgehead atoms. The largest absolute Gasteiger partial charge is 0.354 e. The smallest absolute Gasteiger partial charge is 0.270 e. The van der Waals surface area contributed by atoms with Crippen LogP contribution in [0.4, 0.5) is 15.8 Å². The van der Waals surface area contributed by atoms with E-state index in [-0.39, 0.29) is 11.7 Å². The standard InChI is InChI=1S/C19H15ClFN3O/c20-14-6-4-13(5-7-14)11-23-19(25)18-9-8-17(12-22-18)24-16-3-1-2-15(21)10-16/h1-10,12,24H,11H2,(H,23,25). The highest BCUT2D eigenvalue weighted by Gasteiger charge is 2.07. The van der Waals surface area contributed by atoms with Gasteiger partial charge in [0, 0.05) is 17.3 Å². The fourth-order valence-electron chi connectivity index (χ4n) is 2.21. The first-order chi connectivity index (χ1) is 12.1. The minimum atomic E-state index is -0.323. The zero-order chi connectivity index (χ0) is 17.6. The van der Waals surface area contributed by atoms with E-state index in [2.05, 4.69) is 15.6 Å². The average Bonchev–Trinajstić information content (AvgIpc) is 2.62. The molecule has 0 saturated heterocycles. The Morgan fingerprint density at radius 2 is 1.84 bits per heavy atom. The van der Waals surface area contributed by atoms with Crippen LogP contribution in [-0.4, -0.2) is 10.9 Å². The van der Waals surface area contributed by atoms with Crippen LogP contribution in [-0.2, 0) is 6.54 Å². The van der Waals surface area contributed by atoms with Crippen molar-refractivity contribution in [1.29, 1.82) is 0 Å². The van der Waals surface area contributed by atoms with Crippen molar-refractivity contribution < 1.29 is 9.18 Å². The van der Waals surface area contributed by atoms with Gasteiger partial charge >= 0.3 is 0 Å². The number of anilines is 2.